The standard InChI is InChI=1S/C15H23NO3/c1-3-15(14(17)18)6-8-16(9-7-15)12(2)11-13-5-4-10-19-13/h4-5,10,12H,3,6-9,11H2,1-2H3,(H,17,18). The van der Waals surface area contributed by atoms with E-state index in [0.717, 1.165) is 44.5 Å². The van der Waals surface area contributed by atoms with Gasteiger partial charge in [-0.05, 0) is 51.4 Å². The van der Waals surface area contributed by atoms with Crippen molar-refractivity contribution in [2.45, 2.75) is 45.6 Å². The second kappa shape index (κ2) is 5.78. The van der Waals surface area contributed by atoms with Gasteiger partial charge >= 0.3 is 5.97 Å². The number of furan rings is 1. The Morgan fingerprint density at radius 2 is 2.21 bits per heavy atom. The van der Waals surface area contributed by atoms with Crippen LogP contribution in [0.1, 0.15) is 38.9 Å². The van der Waals surface area contributed by atoms with E-state index in [9.17, 15) is 9.90 Å². The van der Waals surface area contributed by atoms with Crippen LogP contribution >= 0.6 is 0 Å². The number of hydrogen-bond donors (Lipinski definition) is 1. The van der Waals surface area contributed by atoms with Gasteiger partial charge in [-0.15, -0.1) is 0 Å². The third-order valence-electron chi connectivity index (χ3n) is 4.59. The Balaban J connectivity index is 1.90. The molecular formula is C15H23NO3. The molecule has 1 aliphatic heterocycles. The maximum atomic E-state index is 11.4. The minimum atomic E-state index is -0.631. The first-order valence-electron chi connectivity index (χ1n) is 7.07. The summed E-state index contributed by atoms with van der Waals surface area (Å²) in [6, 6.07) is 4.30. The van der Waals surface area contributed by atoms with Crippen molar-refractivity contribution in [3.63, 3.8) is 0 Å². The molecule has 1 saturated heterocycles. The van der Waals surface area contributed by atoms with Crippen molar-refractivity contribution in [3.05, 3.63) is 24.2 Å². The van der Waals surface area contributed by atoms with E-state index in [2.05, 4.69) is 11.8 Å². The van der Waals surface area contributed by atoms with Gasteiger partial charge < -0.3 is 14.4 Å². The number of likely N-dealkylation sites (tertiary alicyclic amines) is 1. The maximum Gasteiger partial charge on any atom is 0.309 e. The van der Waals surface area contributed by atoms with Gasteiger partial charge in [-0.2, -0.15) is 0 Å². The summed E-state index contributed by atoms with van der Waals surface area (Å²) in [4.78, 5) is 13.8. The highest BCUT2D eigenvalue weighted by Crippen LogP contribution is 2.35. The van der Waals surface area contributed by atoms with Crippen LogP contribution in [0.5, 0.6) is 0 Å². The fourth-order valence-corrected chi connectivity index (χ4v) is 2.96. The van der Waals surface area contributed by atoms with Gasteiger partial charge in [0.1, 0.15) is 5.76 Å². The number of carbonyl (C=O) groups is 1. The van der Waals surface area contributed by atoms with Crippen LogP contribution in [-0.4, -0.2) is 35.1 Å². The molecule has 0 aromatic carbocycles. The molecule has 0 radical (unpaired) electrons. The molecule has 4 heteroatoms. The van der Waals surface area contributed by atoms with Gasteiger partial charge in [0.25, 0.3) is 0 Å². The van der Waals surface area contributed by atoms with E-state index in [4.69, 9.17) is 4.42 Å². The van der Waals surface area contributed by atoms with Crippen molar-refractivity contribution in [1.29, 1.82) is 0 Å². The van der Waals surface area contributed by atoms with Crippen LogP contribution in [0.25, 0.3) is 0 Å². The fourth-order valence-electron chi connectivity index (χ4n) is 2.96. The van der Waals surface area contributed by atoms with Crippen LogP contribution in [0.3, 0.4) is 0 Å². The molecule has 4 nitrogen and oxygen atoms in total. The van der Waals surface area contributed by atoms with Gasteiger partial charge in [0, 0.05) is 12.5 Å². The van der Waals surface area contributed by atoms with Crippen LogP contribution in [0.15, 0.2) is 22.8 Å². The fraction of sp³-hybridized carbons (Fsp3) is 0.667. The highest BCUT2D eigenvalue weighted by atomic mass is 16.4. The van der Waals surface area contributed by atoms with Crippen molar-refractivity contribution in [1.82, 2.24) is 4.90 Å². The van der Waals surface area contributed by atoms with E-state index in [1.165, 1.54) is 0 Å². The highest BCUT2D eigenvalue weighted by molar-refractivity contribution is 5.74. The van der Waals surface area contributed by atoms with Crippen LogP contribution in [-0.2, 0) is 11.2 Å². The Hall–Kier alpha value is -1.29. The summed E-state index contributed by atoms with van der Waals surface area (Å²) in [5.41, 5.74) is -0.499. The molecule has 1 aromatic rings. The number of rotatable bonds is 5. The summed E-state index contributed by atoms with van der Waals surface area (Å²) in [6.45, 7) is 5.89. The van der Waals surface area contributed by atoms with Gasteiger partial charge in [0.05, 0.1) is 11.7 Å². The Bertz CT molecular complexity index is 405. The molecule has 1 atom stereocenters. The summed E-state index contributed by atoms with van der Waals surface area (Å²) in [6.07, 6.45) is 4.81. The number of carboxylic acid groups (broad SMARTS) is 1. The predicted octanol–water partition coefficient (Wildman–Crippen LogP) is 2.79. The van der Waals surface area contributed by atoms with Crippen LogP contribution < -0.4 is 0 Å². The van der Waals surface area contributed by atoms with Crippen LogP contribution in [0.4, 0.5) is 0 Å². The number of piperidine rings is 1. The van der Waals surface area contributed by atoms with E-state index in [-0.39, 0.29) is 0 Å². The molecule has 1 aliphatic rings. The monoisotopic (exact) mass is 265 g/mol. The molecule has 106 valence electrons. The zero-order chi connectivity index (χ0) is 13.9. The molecule has 0 amide bonds. The zero-order valence-corrected chi connectivity index (χ0v) is 11.8. The first-order chi connectivity index (χ1) is 9.07. The largest absolute Gasteiger partial charge is 0.481 e. The molecule has 1 aromatic heterocycles. The van der Waals surface area contributed by atoms with Gasteiger partial charge in [-0.1, -0.05) is 6.92 Å². The lowest BCUT2D eigenvalue weighted by Crippen LogP contribution is -2.47. The third kappa shape index (κ3) is 3.00. The normalized spacial score (nSPS) is 21.2. The lowest BCUT2D eigenvalue weighted by atomic mass is 9.76. The van der Waals surface area contributed by atoms with Gasteiger partial charge in [0.15, 0.2) is 0 Å². The van der Waals surface area contributed by atoms with Gasteiger partial charge in [0.2, 0.25) is 0 Å². The minimum Gasteiger partial charge on any atom is -0.481 e. The van der Waals surface area contributed by atoms with E-state index in [1.807, 2.05) is 19.1 Å². The summed E-state index contributed by atoms with van der Waals surface area (Å²) < 4.78 is 5.37. The third-order valence-corrected chi connectivity index (χ3v) is 4.59. The van der Waals surface area contributed by atoms with Crippen molar-refractivity contribution < 1.29 is 14.3 Å². The molecular weight excluding hydrogens is 242 g/mol. The average Bonchev–Trinajstić information content (AvgIpc) is 2.91. The summed E-state index contributed by atoms with van der Waals surface area (Å²) in [5.74, 6) is 0.367. The number of hydrogen-bond acceptors (Lipinski definition) is 3. The van der Waals surface area contributed by atoms with Crippen molar-refractivity contribution in [2.24, 2.45) is 5.41 Å². The number of aliphatic carboxylic acids is 1. The Kier molecular flexibility index (Phi) is 4.30. The molecule has 2 heterocycles. The predicted molar refractivity (Wildman–Crippen MR) is 73.0 cm³/mol. The average molecular weight is 265 g/mol. The molecule has 0 bridgehead atoms. The van der Waals surface area contributed by atoms with Gasteiger partial charge in [-0.3, -0.25) is 4.79 Å². The first-order valence-corrected chi connectivity index (χ1v) is 7.07. The summed E-state index contributed by atoms with van der Waals surface area (Å²) in [5, 5.41) is 9.39. The van der Waals surface area contributed by atoms with Crippen LogP contribution in [0, 0.1) is 5.41 Å². The Morgan fingerprint density at radius 3 is 2.68 bits per heavy atom. The number of carboxylic acids is 1. The molecule has 0 aliphatic carbocycles. The lowest BCUT2D eigenvalue weighted by molar-refractivity contribution is -0.152. The van der Waals surface area contributed by atoms with Crippen molar-refractivity contribution in [2.75, 3.05) is 13.1 Å². The quantitative estimate of drug-likeness (QED) is 0.889. The van der Waals surface area contributed by atoms with E-state index < -0.39 is 11.4 Å². The highest BCUT2D eigenvalue weighted by Gasteiger charge is 2.40. The SMILES string of the molecule is CCC1(C(=O)O)CCN(C(C)Cc2ccco2)CC1. The smallest absolute Gasteiger partial charge is 0.309 e. The molecule has 0 saturated carbocycles. The lowest BCUT2D eigenvalue weighted by Gasteiger charge is -2.40. The minimum absolute atomic E-state index is 0.398. The Labute approximate surface area is 114 Å². The maximum absolute atomic E-state index is 11.4. The molecule has 1 N–H and O–H groups in total. The topological polar surface area (TPSA) is 53.7 Å². The van der Waals surface area contributed by atoms with E-state index >= 15 is 0 Å². The molecule has 2 rings (SSSR count). The van der Waals surface area contributed by atoms with Crippen molar-refractivity contribution in [3.8, 4) is 0 Å². The van der Waals surface area contributed by atoms with E-state index in [0.29, 0.717) is 6.04 Å². The van der Waals surface area contributed by atoms with Crippen molar-refractivity contribution >= 4 is 5.97 Å². The summed E-state index contributed by atoms with van der Waals surface area (Å²) >= 11 is 0. The van der Waals surface area contributed by atoms with Crippen LogP contribution in [0.2, 0.25) is 0 Å². The van der Waals surface area contributed by atoms with E-state index in [1.54, 1.807) is 6.26 Å². The molecule has 1 unspecified atom stereocenters. The summed E-state index contributed by atoms with van der Waals surface area (Å²) in [7, 11) is 0. The van der Waals surface area contributed by atoms with Gasteiger partial charge in [-0.25, -0.2) is 0 Å². The molecule has 1 fully saturated rings. The second-order valence-electron chi connectivity index (χ2n) is 5.61. The first kappa shape index (κ1) is 14.1. The number of nitrogens with zero attached hydrogens (tertiary/aromatic N) is 1. The molecule has 0 spiro atoms. The Morgan fingerprint density at radius 1 is 1.53 bits per heavy atom. The zero-order valence-electron chi connectivity index (χ0n) is 11.8. The molecule has 19 heavy (non-hydrogen) atoms. The second-order valence-corrected chi connectivity index (χ2v) is 5.61.